The lowest BCUT2D eigenvalue weighted by Crippen LogP contribution is -2.15. The van der Waals surface area contributed by atoms with Crippen molar-refractivity contribution in [2.24, 2.45) is 0 Å². The van der Waals surface area contributed by atoms with E-state index < -0.39 is 5.97 Å². The summed E-state index contributed by atoms with van der Waals surface area (Å²) in [5, 5.41) is 9.54. The second-order valence-corrected chi connectivity index (χ2v) is 5.08. The number of hydrogen-bond acceptors (Lipinski definition) is 3. The molecule has 0 atom stereocenters. The Hall–Kier alpha value is -2.75. The Balaban J connectivity index is 2.05. The third-order valence-corrected chi connectivity index (χ3v) is 3.57. The molecule has 3 rings (SSSR count). The number of carbonyl (C=O) groups is 1. The second kappa shape index (κ2) is 5.93. The molecular formula is C18H16O4. The predicted molar refractivity (Wildman–Crippen MR) is 84.1 cm³/mol. The lowest BCUT2D eigenvalue weighted by atomic mass is 10.00. The van der Waals surface area contributed by atoms with Gasteiger partial charge in [-0.15, -0.1) is 0 Å². The highest BCUT2D eigenvalue weighted by Crippen LogP contribution is 2.33. The molecule has 0 aliphatic carbocycles. The molecule has 1 aliphatic rings. The van der Waals surface area contributed by atoms with Gasteiger partial charge >= 0.3 is 5.97 Å². The largest absolute Gasteiger partial charge is 0.486 e. The SMILES string of the molecule is Cc1ccccc1/C=C(\C(=O)O)c1ccc2c(c1)OCCO2. The van der Waals surface area contributed by atoms with Crippen LogP contribution in [0.25, 0.3) is 11.6 Å². The van der Waals surface area contributed by atoms with Crippen LogP contribution in [0.4, 0.5) is 0 Å². The minimum Gasteiger partial charge on any atom is -0.486 e. The highest BCUT2D eigenvalue weighted by molar-refractivity contribution is 6.20. The number of rotatable bonds is 3. The van der Waals surface area contributed by atoms with Crippen molar-refractivity contribution in [1.29, 1.82) is 0 Å². The van der Waals surface area contributed by atoms with Crippen molar-refractivity contribution in [1.82, 2.24) is 0 Å². The predicted octanol–water partition coefficient (Wildman–Crippen LogP) is 3.39. The Morgan fingerprint density at radius 2 is 1.82 bits per heavy atom. The molecule has 0 radical (unpaired) electrons. The van der Waals surface area contributed by atoms with Crippen LogP contribution in [0.1, 0.15) is 16.7 Å². The van der Waals surface area contributed by atoms with Crippen LogP contribution in [0, 0.1) is 6.92 Å². The minimum atomic E-state index is -0.972. The minimum absolute atomic E-state index is 0.228. The highest BCUT2D eigenvalue weighted by Gasteiger charge is 2.16. The number of benzene rings is 2. The number of aryl methyl sites for hydroxylation is 1. The van der Waals surface area contributed by atoms with Gasteiger partial charge in [-0.3, -0.25) is 0 Å². The molecule has 1 aliphatic heterocycles. The molecule has 4 nitrogen and oxygen atoms in total. The molecule has 0 spiro atoms. The summed E-state index contributed by atoms with van der Waals surface area (Å²) in [6, 6.07) is 12.9. The number of ether oxygens (including phenoxy) is 2. The van der Waals surface area contributed by atoms with Crippen molar-refractivity contribution in [2.45, 2.75) is 6.92 Å². The van der Waals surface area contributed by atoms with E-state index in [1.807, 2.05) is 31.2 Å². The van der Waals surface area contributed by atoms with E-state index in [1.54, 1.807) is 24.3 Å². The molecule has 2 aromatic rings. The van der Waals surface area contributed by atoms with E-state index in [4.69, 9.17) is 9.47 Å². The average molecular weight is 296 g/mol. The lowest BCUT2D eigenvalue weighted by molar-refractivity contribution is -0.130. The van der Waals surface area contributed by atoms with Gasteiger partial charge in [0.2, 0.25) is 0 Å². The molecule has 0 amide bonds. The molecule has 1 heterocycles. The fourth-order valence-corrected chi connectivity index (χ4v) is 2.38. The van der Waals surface area contributed by atoms with Gasteiger partial charge in [-0.05, 0) is 41.8 Å². The Morgan fingerprint density at radius 3 is 2.55 bits per heavy atom. The van der Waals surface area contributed by atoms with Crippen LogP contribution in [0.2, 0.25) is 0 Å². The molecule has 112 valence electrons. The van der Waals surface area contributed by atoms with Crippen LogP contribution in [0.3, 0.4) is 0 Å². The first-order valence-electron chi connectivity index (χ1n) is 7.06. The van der Waals surface area contributed by atoms with E-state index in [-0.39, 0.29) is 5.57 Å². The van der Waals surface area contributed by atoms with E-state index in [0.717, 1.165) is 11.1 Å². The average Bonchev–Trinajstić information content (AvgIpc) is 2.53. The monoisotopic (exact) mass is 296 g/mol. The van der Waals surface area contributed by atoms with Crippen molar-refractivity contribution < 1.29 is 19.4 Å². The number of carboxylic acid groups (broad SMARTS) is 1. The van der Waals surface area contributed by atoms with E-state index in [9.17, 15) is 9.90 Å². The smallest absolute Gasteiger partial charge is 0.336 e. The molecule has 0 unspecified atom stereocenters. The Bertz CT molecular complexity index is 747. The van der Waals surface area contributed by atoms with Gasteiger partial charge in [0.15, 0.2) is 11.5 Å². The fraction of sp³-hybridized carbons (Fsp3) is 0.167. The third-order valence-electron chi connectivity index (χ3n) is 3.57. The van der Waals surface area contributed by atoms with Crippen molar-refractivity contribution in [3.05, 3.63) is 59.2 Å². The Labute approximate surface area is 128 Å². The molecule has 0 saturated heterocycles. The molecule has 22 heavy (non-hydrogen) atoms. The Morgan fingerprint density at radius 1 is 1.09 bits per heavy atom. The number of carboxylic acids is 1. The summed E-state index contributed by atoms with van der Waals surface area (Å²) in [6.45, 7) is 2.94. The molecule has 0 saturated carbocycles. The first-order chi connectivity index (χ1) is 10.6. The molecule has 0 aromatic heterocycles. The van der Waals surface area contributed by atoms with Crippen LogP contribution in [-0.2, 0) is 4.79 Å². The fourth-order valence-electron chi connectivity index (χ4n) is 2.38. The van der Waals surface area contributed by atoms with Gasteiger partial charge in [-0.2, -0.15) is 0 Å². The topological polar surface area (TPSA) is 55.8 Å². The lowest BCUT2D eigenvalue weighted by Gasteiger charge is -2.19. The Kier molecular flexibility index (Phi) is 3.83. The summed E-state index contributed by atoms with van der Waals surface area (Å²) in [6.07, 6.45) is 1.68. The van der Waals surface area contributed by atoms with Gasteiger partial charge in [-0.25, -0.2) is 4.79 Å². The molecule has 2 aromatic carbocycles. The van der Waals surface area contributed by atoms with E-state index in [0.29, 0.717) is 30.3 Å². The maximum atomic E-state index is 11.6. The summed E-state index contributed by atoms with van der Waals surface area (Å²) >= 11 is 0. The third kappa shape index (κ3) is 2.81. The summed E-state index contributed by atoms with van der Waals surface area (Å²) in [4.78, 5) is 11.6. The summed E-state index contributed by atoms with van der Waals surface area (Å²) in [5.41, 5.74) is 2.74. The first-order valence-corrected chi connectivity index (χ1v) is 7.06. The van der Waals surface area contributed by atoms with Crippen molar-refractivity contribution in [3.8, 4) is 11.5 Å². The van der Waals surface area contributed by atoms with Crippen molar-refractivity contribution in [3.63, 3.8) is 0 Å². The van der Waals surface area contributed by atoms with Gasteiger partial charge in [-0.1, -0.05) is 30.3 Å². The van der Waals surface area contributed by atoms with Crippen LogP contribution in [0.5, 0.6) is 11.5 Å². The molecule has 0 fully saturated rings. The highest BCUT2D eigenvalue weighted by atomic mass is 16.6. The summed E-state index contributed by atoms with van der Waals surface area (Å²) in [7, 11) is 0. The number of hydrogen-bond donors (Lipinski definition) is 1. The zero-order valence-corrected chi connectivity index (χ0v) is 12.2. The standard InChI is InChI=1S/C18H16O4/c1-12-4-2-3-5-13(12)10-15(18(19)20)14-6-7-16-17(11-14)22-9-8-21-16/h2-7,10-11H,8-9H2,1H3,(H,19,20)/b15-10-. The first kappa shape index (κ1) is 14.2. The van der Waals surface area contributed by atoms with Gasteiger partial charge in [0.05, 0.1) is 5.57 Å². The maximum Gasteiger partial charge on any atom is 0.336 e. The van der Waals surface area contributed by atoms with E-state index in [2.05, 4.69) is 0 Å². The van der Waals surface area contributed by atoms with Crippen LogP contribution in [-0.4, -0.2) is 24.3 Å². The van der Waals surface area contributed by atoms with Crippen molar-refractivity contribution in [2.75, 3.05) is 13.2 Å². The zero-order chi connectivity index (χ0) is 15.5. The maximum absolute atomic E-state index is 11.6. The molecular weight excluding hydrogens is 280 g/mol. The second-order valence-electron chi connectivity index (χ2n) is 5.08. The van der Waals surface area contributed by atoms with E-state index >= 15 is 0 Å². The van der Waals surface area contributed by atoms with E-state index in [1.165, 1.54) is 0 Å². The number of aliphatic carboxylic acids is 1. The van der Waals surface area contributed by atoms with Gasteiger partial charge < -0.3 is 14.6 Å². The van der Waals surface area contributed by atoms with Crippen LogP contribution < -0.4 is 9.47 Å². The number of fused-ring (bicyclic) bond motifs is 1. The van der Waals surface area contributed by atoms with Gasteiger partial charge in [0.25, 0.3) is 0 Å². The molecule has 4 heteroatoms. The molecule has 0 bridgehead atoms. The quantitative estimate of drug-likeness (QED) is 0.697. The van der Waals surface area contributed by atoms with Gasteiger partial charge in [0, 0.05) is 0 Å². The zero-order valence-electron chi connectivity index (χ0n) is 12.2. The van der Waals surface area contributed by atoms with Crippen LogP contribution >= 0.6 is 0 Å². The normalized spacial score (nSPS) is 13.8. The molecule has 1 N–H and O–H groups in total. The van der Waals surface area contributed by atoms with Gasteiger partial charge in [0.1, 0.15) is 13.2 Å². The van der Waals surface area contributed by atoms with Crippen molar-refractivity contribution >= 4 is 17.6 Å². The summed E-state index contributed by atoms with van der Waals surface area (Å²) in [5.74, 6) is 0.260. The van der Waals surface area contributed by atoms with Crippen LogP contribution in [0.15, 0.2) is 42.5 Å². The summed E-state index contributed by atoms with van der Waals surface area (Å²) < 4.78 is 11.0.